The van der Waals surface area contributed by atoms with Crippen molar-refractivity contribution in [1.82, 2.24) is 5.32 Å². The maximum absolute atomic E-state index is 12.2. The van der Waals surface area contributed by atoms with Gasteiger partial charge in [0.1, 0.15) is 5.75 Å². The molecule has 0 aliphatic rings. The quantitative estimate of drug-likeness (QED) is 0.866. The normalized spacial score (nSPS) is 12.5. The Bertz CT molecular complexity index is 405. The highest BCUT2D eigenvalue weighted by Crippen LogP contribution is 2.26. The number of hydrogen-bond acceptors (Lipinski definition) is 3. The molecule has 0 saturated carbocycles. The lowest BCUT2D eigenvalue weighted by Crippen LogP contribution is -2.36. The molecule has 0 radical (unpaired) electrons. The minimum Gasteiger partial charge on any atom is -0.405 e. The van der Waals surface area contributed by atoms with Gasteiger partial charge in [-0.2, -0.15) is 0 Å². The average Bonchev–Trinajstić information content (AvgIpc) is 2.29. The van der Waals surface area contributed by atoms with Crippen molar-refractivity contribution < 1.29 is 22.6 Å². The Kier molecular flexibility index (Phi) is 5.20. The third-order valence-corrected chi connectivity index (χ3v) is 2.62. The Morgan fingerprint density at radius 3 is 2.37 bits per heavy atom. The summed E-state index contributed by atoms with van der Waals surface area (Å²) in [5.74, 6) is -0.183. The third-order valence-electron chi connectivity index (χ3n) is 2.62. The van der Waals surface area contributed by atoms with E-state index in [1.807, 2.05) is 13.8 Å². The smallest absolute Gasteiger partial charge is 0.405 e. The van der Waals surface area contributed by atoms with Crippen LogP contribution >= 0.6 is 0 Å². The molecule has 0 spiro atoms. The number of methoxy groups -OCH3 is 1. The van der Waals surface area contributed by atoms with E-state index >= 15 is 0 Å². The van der Waals surface area contributed by atoms with Gasteiger partial charge in [-0.25, -0.2) is 0 Å². The summed E-state index contributed by atoms with van der Waals surface area (Å²) in [6.45, 7) is 4.57. The van der Waals surface area contributed by atoms with Gasteiger partial charge in [0, 0.05) is 25.8 Å². The zero-order valence-electron chi connectivity index (χ0n) is 11.2. The molecule has 0 atom stereocenters. The molecule has 1 aromatic carbocycles. The Labute approximate surface area is 110 Å². The molecule has 1 N–H and O–H groups in total. The van der Waals surface area contributed by atoms with Gasteiger partial charge in [0.2, 0.25) is 0 Å². The van der Waals surface area contributed by atoms with Crippen molar-refractivity contribution in [2.24, 2.45) is 0 Å². The lowest BCUT2D eigenvalue weighted by Gasteiger charge is -2.23. The summed E-state index contributed by atoms with van der Waals surface area (Å²) in [4.78, 5) is 0. The van der Waals surface area contributed by atoms with Crippen LogP contribution in [-0.2, 0) is 11.3 Å². The van der Waals surface area contributed by atoms with Crippen LogP contribution in [-0.4, -0.2) is 25.6 Å². The van der Waals surface area contributed by atoms with Crippen molar-refractivity contribution in [2.45, 2.75) is 32.4 Å². The molecule has 0 fully saturated rings. The molecule has 0 bridgehead atoms. The lowest BCUT2D eigenvalue weighted by molar-refractivity contribution is -0.274. The van der Waals surface area contributed by atoms with Crippen LogP contribution in [0.25, 0.3) is 0 Å². The monoisotopic (exact) mass is 277 g/mol. The van der Waals surface area contributed by atoms with E-state index in [0.717, 1.165) is 0 Å². The van der Waals surface area contributed by atoms with E-state index in [1.165, 1.54) is 12.1 Å². The number of rotatable bonds is 6. The predicted molar refractivity (Wildman–Crippen MR) is 65.9 cm³/mol. The zero-order valence-corrected chi connectivity index (χ0v) is 11.2. The first-order valence-electron chi connectivity index (χ1n) is 5.83. The first kappa shape index (κ1) is 15.8. The van der Waals surface area contributed by atoms with Gasteiger partial charge in [0.25, 0.3) is 0 Å². The van der Waals surface area contributed by atoms with Crippen LogP contribution in [0.15, 0.2) is 24.3 Å². The number of para-hydroxylation sites is 1. The molecule has 0 aromatic heterocycles. The Morgan fingerprint density at radius 2 is 1.79 bits per heavy atom. The fourth-order valence-electron chi connectivity index (χ4n) is 1.44. The van der Waals surface area contributed by atoms with E-state index in [0.29, 0.717) is 12.1 Å². The van der Waals surface area contributed by atoms with E-state index in [4.69, 9.17) is 4.74 Å². The van der Waals surface area contributed by atoms with E-state index in [2.05, 4.69) is 10.1 Å². The Balaban J connectivity index is 2.63. The maximum atomic E-state index is 12.2. The molecule has 1 rings (SSSR count). The van der Waals surface area contributed by atoms with E-state index in [1.54, 1.807) is 19.2 Å². The lowest BCUT2D eigenvalue weighted by atomic mass is 10.1. The minimum atomic E-state index is -4.68. The molecule has 108 valence electrons. The van der Waals surface area contributed by atoms with Gasteiger partial charge >= 0.3 is 6.36 Å². The highest BCUT2D eigenvalue weighted by molar-refractivity contribution is 5.33. The number of alkyl halides is 3. The number of hydrogen-bond donors (Lipinski definition) is 1. The van der Waals surface area contributed by atoms with Gasteiger partial charge in [-0.1, -0.05) is 18.2 Å². The summed E-state index contributed by atoms with van der Waals surface area (Å²) in [6.07, 6.45) is -4.68. The van der Waals surface area contributed by atoms with Crippen molar-refractivity contribution in [3.05, 3.63) is 29.8 Å². The molecule has 0 amide bonds. The molecule has 0 saturated heterocycles. The molecule has 1 aromatic rings. The number of halogens is 3. The van der Waals surface area contributed by atoms with Gasteiger partial charge in [-0.05, 0) is 19.9 Å². The minimum absolute atomic E-state index is 0.183. The Hall–Kier alpha value is -1.27. The van der Waals surface area contributed by atoms with Crippen molar-refractivity contribution in [2.75, 3.05) is 13.7 Å². The fraction of sp³-hybridized carbons (Fsp3) is 0.538. The molecule has 6 heteroatoms. The van der Waals surface area contributed by atoms with Gasteiger partial charge < -0.3 is 14.8 Å². The molecule has 19 heavy (non-hydrogen) atoms. The van der Waals surface area contributed by atoms with Crippen LogP contribution in [0, 0.1) is 0 Å². The van der Waals surface area contributed by atoms with Crippen LogP contribution in [0.4, 0.5) is 13.2 Å². The predicted octanol–water partition coefficient (Wildman–Crippen LogP) is 3.10. The Morgan fingerprint density at radius 1 is 1.16 bits per heavy atom. The van der Waals surface area contributed by atoms with Crippen molar-refractivity contribution in [3.8, 4) is 5.75 Å². The van der Waals surface area contributed by atoms with Crippen molar-refractivity contribution in [3.63, 3.8) is 0 Å². The van der Waals surface area contributed by atoms with E-state index in [-0.39, 0.29) is 17.9 Å². The zero-order chi connectivity index (χ0) is 14.5. The summed E-state index contributed by atoms with van der Waals surface area (Å²) in [5, 5.41) is 3.05. The van der Waals surface area contributed by atoms with Crippen LogP contribution < -0.4 is 10.1 Å². The fourth-order valence-corrected chi connectivity index (χ4v) is 1.44. The highest BCUT2D eigenvalue weighted by Gasteiger charge is 2.31. The van der Waals surface area contributed by atoms with Crippen LogP contribution in [0.1, 0.15) is 19.4 Å². The van der Waals surface area contributed by atoms with Crippen molar-refractivity contribution >= 4 is 0 Å². The SMILES string of the molecule is COC(C)(C)CNCc1ccccc1OC(F)(F)F. The summed E-state index contributed by atoms with van der Waals surface area (Å²) >= 11 is 0. The van der Waals surface area contributed by atoms with Crippen LogP contribution in [0.3, 0.4) is 0 Å². The summed E-state index contributed by atoms with van der Waals surface area (Å²) in [7, 11) is 1.59. The largest absolute Gasteiger partial charge is 0.573 e. The summed E-state index contributed by atoms with van der Waals surface area (Å²) in [6, 6.07) is 6.06. The van der Waals surface area contributed by atoms with Crippen molar-refractivity contribution in [1.29, 1.82) is 0 Å². The van der Waals surface area contributed by atoms with Crippen LogP contribution in [0.2, 0.25) is 0 Å². The second kappa shape index (κ2) is 6.25. The molecule has 0 aliphatic heterocycles. The number of ether oxygens (including phenoxy) is 2. The second-order valence-electron chi connectivity index (χ2n) is 4.72. The standard InChI is InChI=1S/C13H18F3NO2/c1-12(2,18-3)9-17-8-10-6-4-5-7-11(10)19-13(14,15)16/h4-7,17H,8-9H2,1-3H3. The molecule has 0 unspecified atom stereocenters. The summed E-state index contributed by atoms with van der Waals surface area (Å²) < 4.78 is 45.9. The van der Waals surface area contributed by atoms with Gasteiger partial charge in [0.15, 0.2) is 0 Å². The molecule has 3 nitrogen and oxygen atoms in total. The molecule has 0 aliphatic carbocycles. The van der Waals surface area contributed by atoms with Gasteiger partial charge in [0.05, 0.1) is 5.60 Å². The van der Waals surface area contributed by atoms with Crippen LogP contribution in [0.5, 0.6) is 5.75 Å². The maximum Gasteiger partial charge on any atom is 0.573 e. The molecular weight excluding hydrogens is 259 g/mol. The summed E-state index contributed by atoms with van der Waals surface area (Å²) in [5.41, 5.74) is 0.0755. The van der Waals surface area contributed by atoms with Gasteiger partial charge in [-0.15, -0.1) is 13.2 Å². The number of benzene rings is 1. The molecular formula is C13H18F3NO2. The topological polar surface area (TPSA) is 30.5 Å². The van der Waals surface area contributed by atoms with E-state index < -0.39 is 6.36 Å². The molecule has 0 heterocycles. The third kappa shape index (κ3) is 5.94. The number of nitrogens with one attached hydrogen (secondary N) is 1. The van der Waals surface area contributed by atoms with E-state index in [9.17, 15) is 13.2 Å². The first-order valence-corrected chi connectivity index (χ1v) is 5.83. The average molecular weight is 277 g/mol. The van der Waals surface area contributed by atoms with Gasteiger partial charge in [-0.3, -0.25) is 0 Å². The first-order chi connectivity index (χ1) is 8.73. The second-order valence-corrected chi connectivity index (χ2v) is 4.72. The highest BCUT2D eigenvalue weighted by atomic mass is 19.4.